The maximum absolute atomic E-state index is 12.3. The van der Waals surface area contributed by atoms with E-state index in [0.29, 0.717) is 12.8 Å². The molecule has 0 saturated heterocycles. The molecule has 0 aliphatic heterocycles. The fourth-order valence-electron chi connectivity index (χ4n) is 8.58. The smallest absolute Gasteiger partial charge is 0.306 e. The molecule has 0 aromatic rings. The maximum atomic E-state index is 12.3. The summed E-state index contributed by atoms with van der Waals surface area (Å²) >= 11 is 0. The van der Waals surface area contributed by atoms with Gasteiger partial charge in [-0.3, -0.25) is 9.59 Å². The SMILES string of the molecule is CC/C=C\C/C=C\C/C=C\C/C=C\C/C=C\CCCCCCCCCC(=O)OC(CO)COC(=O)CCCCCCCCCCCCCCCCCCCCC/C=C\CCCCCCCCCC. The Hall–Kier alpha value is -2.66. The number of aliphatic hydroxyl groups excluding tert-OH is 1. The Bertz CT molecular complexity index is 1210. The summed E-state index contributed by atoms with van der Waals surface area (Å²) in [5.41, 5.74) is 0. The Morgan fingerprint density at radius 1 is 0.353 bits per heavy atom. The van der Waals surface area contributed by atoms with Crippen LogP contribution < -0.4 is 0 Å². The molecule has 5 nitrogen and oxygen atoms in total. The summed E-state index contributed by atoms with van der Waals surface area (Å²) in [6.45, 7) is 4.05. The summed E-state index contributed by atoms with van der Waals surface area (Å²) in [6, 6.07) is 0. The molecule has 0 rings (SSSR count). The number of aliphatic hydroxyl groups is 1. The van der Waals surface area contributed by atoms with Crippen LogP contribution in [0.1, 0.15) is 296 Å². The Morgan fingerprint density at radius 3 is 0.971 bits per heavy atom. The van der Waals surface area contributed by atoms with Crippen LogP contribution in [0.15, 0.2) is 72.9 Å². The van der Waals surface area contributed by atoms with E-state index in [9.17, 15) is 14.7 Å². The van der Waals surface area contributed by atoms with Crippen LogP contribution >= 0.6 is 0 Å². The van der Waals surface area contributed by atoms with Crippen LogP contribution in [0.5, 0.6) is 0 Å². The highest BCUT2D eigenvalue weighted by atomic mass is 16.6. The highest BCUT2D eigenvalue weighted by molar-refractivity contribution is 5.70. The fourth-order valence-corrected chi connectivity index (χ4v) is 8.58. The summed E-state index contributed by atoms with van der Waals surface area (Å²) in [5, 5.41) is 9.66. The van der Waals surface area contributed by atoms with E-state index < -0.39 is 6.10 Å². The zero-order valence-corrected chi connectivity index (χ0v) is 45.1. The summed E-state index contributed by atoms with van der Waals surface area (Å²) in [7, 11) is 0. The molecule has 0 spiro atoms. The van der Waals surface area contributed by atoms with Crippen LogP contribution in [-0.4, -0.2) is 36.4 Å². The molecule has 0 aromatic carbocycles. The second-order valence-corrected chi connectivity index (χ2v) is 19.7. The van der Waals surface area contributed by atoms with E-state index in [1.54, 1.807) is 0 Å². The predicted octanol–water partition coefficient (Wildman–Crippen LogP) is 20.0. The van der Waals surface area contributed by atoms with Crippen molar-refractivity contribution in [3.05, 3.63) is 72.9 Å². The number of carbonyl (C=O) groups excluding carboxylic acids is 2. The van der Waals surface area contributed by atoms with Crippen LogP contribution in [0.3, 0.4) is 0 Å². The lowest BCUT2D eigenvalue weighted by atomic mass is 10.0. The molecule has 0 bridgehead atoms. The molecule has 0 heterocycles. The van der Waals surface area contributed by atoms with Gasteiger partial charge in [-0.15, -0.1) is 0 Å². The highest BCUT2D eigenvalue weighted by Crippen LogP contribution is 2.17. The van der Waals surface area contributed by atoms with Crippen molar-refractivity contribution >= 4 is 11.9 Å². The zero-order valence-electron chi connectivity index (χ0n) is 45.1. The number of rotatable bonds is 54. The van der Waals surface area contributed by atoms with Crippen LogP contribution in [0.2, 0.25) is 0 Å². The number of hydrogen-bond donors (Lipinski definition) is 1. The van der Waals surface area contributed by atoms with Crippen molar-refractivity contribution in [1.82, 2.24) is 0 Å². The maximum Gasteiger partial charge on any atom is 0.306 e. The molecule has 1 atom stereocenters. The fraction of sp³-hybridized carbons (Fsp3) is 0.778. The van der Waals surface area contributed by atoms with Gasteiger partial charge in [-0.05, 0) is 83.5 Å². The van der Waals surface area contributed by atoms with Gasteiger partial charge in [-0.2, -0.15) is 0 Å². The van der Waals surface area contributed by atoms with Crippen molar-refractivity contribution in [2.75, 3.05) is 13.2 Å². The first kappa shape index (κ1) is 65.3. The minimum absolute atomic E-state index is 0.0707. The first-order valence-electron chi connectivity index (χ1n) is 29.5. The predicted molar refractivity (Wildman–Crippen MR) is 297 cm³/mol. The summed E-state index contributed by atoms with van der Waals surface area (Å²) in [4.78, 5) is 24.5. The van der Waals surface area contributed by atoms with Gasteiger partial charge in [0.15, 0.2) is 6.10 Å². The van der Waals surface area contributed by atoms with Gasteiger partial charge in [0.2, 0.25) is 0 Å². The lowest BCUT2D eigenvalue weighted by Gasteiger charge is -2.15. The minimum Gasteiger partial charge on any atom is -0.462 e. The van der Waals surface area contributed by atoms with E-state index >= 15 is 0 Å². The Morgan fingerprint density at radius 2 is 0.632 bits per heavy atom. The van der Waals surface area contributed by atoms with E-state index in [2.05, 4.69) is 86.8 Å². The molecule has 0 aromatic heterocycles. The van der Waals surface area contributed by atoms with Crippen molar-refractivity contribution in [1.29, 1.82) is 0 Å². The first-order chi connectivity index (χ1) is 33.6. The van der Waals surface area contributed by atoms with E-state index in [1.807, 2.05) is 0 Å². The molecule has 0 amide bonds. The van der Waals surface area contributed by atoms with Crippen LogP contribution in [0, 0.1) is 0 Å². The average molecular weight is 950 g/mol. The Balaban J connectivity index is 3.47. The Labute approximate surface area is 423 Å². The van der Waals surface area contributed by atoms with Crippen molar-refractivity contribution < 1.29 is 24.2 Å². The third-order valence-electron chi connectivity index (χ3n) is 13.0. The van der Waals surface area contributed by atoms with E-state index in [-0.39, 0.29) is 25.2 Å². The van der Waals surface area contributed by atoms with Gasteiger partial charge < -0.3 is 14.6 Å². The molecule has 0 aliphatic rings. The van der Waals surface area contributed by atoms with Gasteiger partial charge in [0, 0.05) is 12.8 Å². The van der Waals surface area contributed by atoms with Crippen molar-refractivity contribution in [2.45, 2.75) is 302 Å². The largest absolute Gasteiger partial charge is 0.462 e. The Kier molecular flexibility index (Phi) is 56.4. The number of unbranched alkanes of at least 4 members (excludes halogenated alkanes) is 34. The highest BCUT2D eigenvalue weighted by Gasteiger charge is 2.16. The number of hydrogen-bond acceptors (Lipinski definition) is 5. The molecular weight excluding hydrogens is 837 g/mol. The van der Waals surface area contributed by atoms with Gasteiger partial charge in [0.25, 0.3) is 0 Å². The molecule has 0 saturated carbocycles. The summed E-state index contributed by atoms with van der Waals surface area (Å²) in [5.74, 6) is -0.595. The number of allylic oxidation sites excluding steroid dienone is 12. The third-order valence-corrected chi connectivity index (χ3v) is 13.0. The molecule has 1 N–H and O–H groups in total. The van der Waals surface area contributed by atoms with Crippen molar-refractivity contribution in [3.8, 4) is 0 Å². The van der Waals surface area contributed by atoms with Crippen LogP contribution in [-0.2, 0) is 19.1 Å². The molecule has 394 valence electrons. The first-order valence-corrected chi connectivity index (χ1v) is 29.5. The molecule has 1 unspecified atom stereocenters. The van der Waals surface area contributed by atoms with Crippen molar-refractivity contribution in [2.24, 2.45) is 0 Å². The van der Waals surface area contributed by atoms with Crippen molar-refractivity contribution in [3.63, 3.8) is 0 Å². The molecule has 5 heteroatoms. The van der Waals surface area contributed by atoms with Gasteiger partial charge in [0.1, 0.15) is 6.61 Å². The minimum atomic E-state index is -0.781. The van der Waals surface area contributed by atoms with Gasteiger partial charge in [0.05, 0.1) is 6.61 Å². The topological polar surface area (TPSA) is 72.8 Å². The summed E-state index contributed by atoms with van der Waals surface area (Å²) < 4.78 is 10.7. The van der Waals surface area contributed by atoms with Gasteiger partial charge >= 0.3 is 11.9 Å². The lowest BCUT2D eigenvalue weighted by molar-refractivity contribution is -0.161. The lowest BCUT2D eigenvalue weighted by Crippen LogP contribution is -2.28. The van der Waals surface area contributed by atoms with E-state index in [1.165, 1.54) is 193 Å². The summed E-state index contributed by atoms with van der Waals surface area (Å²) in [6.07, 6.45) is 80.3. The van der Waals surface area contributed by atoms with E-state index in [4.69, 9.17) is 9.47 Å². The monoisotopic (exact) mass is 949 g/mol. The molecule has 0 fully saturated rings. The third kappa shape index (κ3) is 55.9. The standard InChI is InChI=1S/C63H112O5/c1-3-5-7-9-11-13-15-17-19-21-23-25-27-28-29-30-31-32-33-34-36-37-39-41-43-45-47-49-51-53-55-57-62(65)67-60-61(59-64)68-63(66)58-56-54-52-50-48-46-44-42-40-38-35-26-24-22-20-18-16-14-12-10-8-6-4-2/h6,8,12,14,18,20-21,23-24,26,38,40,61,64H,3-5,7,9-11,13,15-17,19,22,25,27-37,39,41-60H2,1-2H3/b8-6-,14-12-,20-18-,23-21-,26-24-,40-38-. The van der Waals surface area contributed by atoms with Crippen LogP contribution in [0.25, 0.3) is 0 Å². The van der Waals surface area contributed by atoms with Gasteiger partial charge in [-0.25, -0.2) is 0 Å². The quantitative estimate of drug-likeness (QED) is 0.0374. The number of esters is 2. The second kappa shape index (κ2) is 58.7. The zero-order chi connectivity index (χ0) is 49.2. The number of ether oxygens (including phenoxy) is 2. The molecular formula is C63H112O5. The molecule has 0 aliphatic carbocycles. The molecule has 0 radical (unpaired) electrons. The van der Waals surface area contributed by atoms with Gasteiger partial charge in [-0.1, -0.05) is 273 Å². The second-order valence-electron chi connectivity index (χ2n) is 19.7. The van der Waals surface area contributed by atoms with Crippen LogP contribution in [0.4, 0.5) is 0 Å². The normalized spacial score (nSPS) is 12.7. The van der Waals surface area contributed by atoms with E-state index in [0.717, 1.165) is 77.0 Å². The average Bonchev–Trinajstić information content (AvgIpc) is 3.34. The molecule has 68 heavy (non-hydrogen) atoms. The number of carbonyl (C=O) groups is 2.